The molecule has 0 spiro atoms. The molecule has 2 aromatic rings. The number of hydrogen-bond donors (Lipinski definition) is 2. The van der Waals surface area contributed by atoms with Gasteiger partial charge in [0.2, 0.25) is 0 Å². The summed E-state index contributed by atoms with van der Waals surface area (Å²) in [5, 5.41) is 14.3. The zero-order valence-electron chi connectivity index (χ0n) is 11.0. The molecule has 18 heavy (non-hydrogen) atoms. The number of aromatic nitrogens is 3. The van der Waals surface area contributed by atoms with Crippen LogP contribution in [0.5, 0.6) is 0 Å². The third-order valence-electron chi connectivity index (χ3n) is 2.99. The smallest absolute Gasteiger partial charge is 0.0997 e. The Hall–Kier alpha value is -1.68. The molecule has 1 heterocycles. The largest absolute Gasteiger partial charge is 0.308 e. The number of aromatic amines is 1. The Morgan fingerprint density at radius 3 is 2.67 bits per heavy atom. The zero-order chi connectivity index (χ0) is 12.8. The van der Waals surface area contributed by atoms with E-state index >= 15 is 0 Å². The second-order valence-corrected chi connectivity index (χ2v) is 4.59. The lowest BCUT2D eigenvalue weighted by Gasteiger charge is -2.16. The lowest BCUT2D eigenvalue weighted by Crippen LogP contribution is -2.24. The third-order valence-corrected chi connectivity index (χ3v) is 2.99. The van der Waals surface area contributed by atoms with E-state index in [2.05, 4.69) is 58.8 Å². The van der Waals surface area contributed by atoms with Gasteiger partial charge in [0.15, 0.2) is 0 Å². The van der Waals surface area contributed by atoms with E-state index in [9.17, 15) is 0 Å². The predicted octanol–water partition coefficient (Wildman–Crippen LogP) is 2.40. The number of benzene rings is 1. The van der Waals surface area contributed by atoms with Crippen molar-refractivity contribution in [2.75, 3.05) is 6.54 Å². The lowest BCUT2D eigenvalue weighted by atomic mass is 10.0. The van der Waals surface area contributed by atoms with Crippen molar-refractivity contribution in [1.29, 1.82) is 0 Å². The summed E-state index contributed by atoms with van der Waals surface area (Å²) in [5.74, 6) is 0. The number of nitrogens with one attached hydrogen (secondary N) is 2. The molecule has 4 nitrogen and oxygen atoms in total. The Balaban J connectivity index is 2.07. The molecule has 1 aromatic heterocycles. The van der Waals surface area contributed by atoms with Gasteiger partial charge in [0.1, 0.15) is 0 Å². The van der Waals surface area contributed by atoms with Crippen molar-refractivity contribution < 1.29 is 0 Å². The Morgan fingerprint density at radius 2 is 2.06 bits per heavy atom. The first-order valence-electron chi connectivity index (χ1n) is 6.44. The SMILES string of the molecule is CCCNC(Cc1ccc(C)cc1)c1cn[nH]n1. The van der Waals surface area contributed by atoms with Crippen molar-refractivity contribution >= 4 is 0 Å². The van der Waals surface area contributed by atoms with Gasteiger partial charge in [0.25, 0.3) is 0 Å². The van der Waals surface area contributed by atoms with E-state index in [-0.39, 0.29) is 6.04 Å². The Morgan fingerprint density at radius 1 is 1.28 bits per heavy atom. The number of aryl methyl sites for hydroxylation is 1. The molecule has 1 atom stereocenters. The first-order valence-corrected chi connectivity index (χ1v) is 6.44. The summed E-state index contributed by atoms with van der Waals surface area (Å²) >= 11 is 0. The van der Waals surface area contributed by atoms with Gasteiger partial charge >= 0.3 is 0 Å². The summed E-state index contributed by atoms with van der Waals surface area (Å²) in [7, 11) is 0. The van der Waals surface area contributed by atoms with Crippen LogP contribution in [0.3, 0.4) is 0 Å². The van der Waals surface area contributed by atoms with Gasteiger partial charge in [-0.3, -0.25) is 0 Å². The number of nitrogens with zero attached hydrogens (tertiary/aromatic N) is 2. The van der Waals surface area contributed by atoms with Crippen LogP contribution in [0.1, 0.15) is 36.2 Å². The summed E-state index contributed by atoms with van der Waals surface area (Å²) < 4.78 is 0. The normalized spacial score (nSPS) is 12.6. The van der Waals surface area contributed by atoms with E-state index in [4.69, 9.17) is 0 Å². The van der Waals surface area contributed by atoms with Crippen LogP contribution in [0.25, 0.3) is 0 Å². The van der Waals surface area contributed by atoms with Gasteiger partial charge in [-0.05, 0) is 31.9 Å². The summed E-state index contributed by atoms with van der Waals surface area (Å²) in [6, 6.07) is 8.88. The molecule has 1 unspecified atom stereocenters. The highest BCUT2D eigenvalue weighted by atomic mass is 15.3. The molecule has 4 heteroatoms. The third kappa shape index (κ3) is 3.40. The molecule has 96 valence electrons. The van der Waals surface area contributed by atoms with Crippen LogP contribution in [-0.4, -0.2) is 22.0 Å². The maximum absolute atomic E-state index is 4.18. The van der Waals surface area contributed by atoms with Gasteiger partial charge in [-0.1, -0.05) is 36.8 Å². The van der Waals surface area contributed by atoms with Crippen LogP contribution < -0.4 is 5.32 Å². The minimum atomic E-state index is 0.228. The molecular weight excluding hydrogens is 224 g/mol. The van der Waals surface area contributed by atoms with Crippen molar-refractivity contribution in [2.45, 2.75) is 32.7 Å². The van der Waals surface area contributed by atoms with Crippen LogP contribution in [0, 0.1) is 6.92 Å². The van der Waals surface area contributed by atoms with E-state index in [1.807, 2.05) is 0 Å². The molecule has 0 aliphatic heterocycles. The predicted molar refractivity (Wildman–Crippen MR) is 72.3 cm³/mol. The quantitative estimate of drug-likeness (QED) is 0.820. The Kier molecular flexibility index (Phi) is 4.47. The van der Waals surface area contributed by atoms with Crippen LogP contribution in [-0.2, 0) is 6.42 Å². The molecule has 0 saturated heterocycles. The summed E-state index contributed by atoms with van der Waals surface area (Å²) in [6.07, 6.45) is 3.84. The lowest BCUT2D eigenvalue weighted by molar-refractivity contribution is 0.517. The van der Waals surface area contributed by atoms with E-state index in [0.717, 1.165) is 25.1 Å². The highest BCUT2D eigenvalue weighted by Crippen LogP contribution is 2.16. The average Bonchev–Trinajstić information content (AvgIpc) is 2.90. The molecule has 0 saturated carbocycles. The molecule has 2 N–H and O–H groups in total. The van der Waals surface area contributed by atoms with E-state index < -0.39 is 0 Å². The van der Waals surface area contributed by atoms with Gasteiger partial charge in [0, 0.05) is 0 Å². The second-order valence-electron chi connectivity index (χ2n) is 4.59. The van der Waals surface area contributed by atoms with Crippen LogP contribution >= 0.6 is 0 Å². The van der Waals surface area contributed by atoms with Gasteiger partial charge in [-0.2, -0.15) is 15.4 Å². The van der Waals surface area contributed by atoms with Crippen molar-refractivity contribution in [3.8, 4) is 0 Å². The van der Waals surface area contributed by atoms with E-state index in [1.165, 1.54) is 11.1 Å². The molecule has 0 amide bonds. The van der Waals surface area contributed by atoms with Crippen molar-refractivity contribution in [3.05, 3.63) is 47.3 Å². The topological polar surface area (TPSA) is 53.6 Å². The fourth-order valence-electron chi connectivity index (χ4n) is 1.94. The average molecular weight is 244 g/mol. The minimum Gasteiger partial charge on any atom is -0.308 e. The number of hydrogen-bond acceptors (Lipinski definition) is 3. The van der Waals surface area contributed by atoms with Crippen molar-refractivity contribution in [2.24, 2.45) is 0 Å². The van der Waals surface area contributed by atoms with Crippen LogP contribution in [0.2, 0.25) is 0 Å². The summed E-state index contributed by atoms with van der Waals surface area (Å²) in [6.45, 7) is 5.26. The molecule has 0 aliphatic rings. The van der Waals surface area contributed by atoms with E-state index in [0.29, 0.717) is 0 Å². The number of rotatable bonds is 6. The van der Waals surface area contributed by atoms with Gasteiger partial charge in [-0.25, -0.2) is 0 Å². The molecule has 1 aromatic carbocycles. The highest BCUT2D eigenvalue weighted by molar-refractivity contribution is 5.23. The minimum absolute atomic E-state index is 0.228. The Labute approximate surface area is 108 Å². The summed E-state index contributed by atoms with van der Waals surface area (Å²) in [5.41, 5.74) is 3.58. The first kappa shape index (κ1) is 12.8. The Bertz CT molecular complexity index is 447. The maximum Gasteiger partial charge on any atom is 0.0997 e. The summed E-state index contributed by atoms with van der Waals surface area (Å²) in [4.78, 5) is 0. The van der Waals surface area contributed by atoms with Gasteiger partial charge in [-0.15, -0.1) is 0 Å². The molecule has 0 radical (unpaired) electrons. The van der Waals surface area contributed by atoms with E-state index in [1.54, 1.807) is 6.20 Å². The fraction of sp³-hybridized carbons (Fsp3) is 0.429. The van der Waals surface area contributed by atoms with Gasteiger partial charge < -0.3 is 5.32 Å². The highest BCUT2D eigenvalue weighted by Gasteiger charge is 2.13. The number of H-pyrrole nitrogens is 1. The standard InChI is InChI=1S/C14H20N4/c1-3-8-15-13(14-10-16-18-17-14)9-12-6-4-11(2)5-7-12/h4-7,10,13,15H,3,8-9H2,1-2H3,(H,16,17,18). The molecule has 0 bridgehead atoms. The van der Waals surface area contributed by atoms with Crippen LogP contribution in [0.4, 0.5) is 0 Å². The van der Waals surface area contributed by atoms with Crippen LogP contribution in [0.15, 0.2) is 30.5 Å². The second kappa shape index (κ2) is 6.31. The zero-order valence-corrected chi connectivity index (χ0v) is 11.0. The fourth-order valence-corrected chi connectivity index (χ4v) is 1.94. The molecule has 2 rings (SSSR count). The van der Waals surface area contributed by atoms with Gasteiger partial charge in [0.05, 0.1) is 17.9 Å². The van der Waals surface area contributed by atoms with Crippen molar-refractivity contribution in [1.82, 2.24) is 20.7 Å². The maximum atomic E-state index is 4.18. The molecule has 0 fully saturated rings. The monoisotopic (exact) mass is 244 g/mol. The molecule has 0 aliphatic carbocycles. The molecular formula is C14H20N4. The first-order chi connectivity index (χ1) is 8.79. The van der Waals surface area contributed by atoms with Crippen molar-refractivity contribution in [3.63, 3.8) is 0 Å².